The van der Waals surface area contributed by atoms with Crippen LogP contribution < -0.4 is 5.32 Å². The van der Waals surface area contributed by atoms with Gasteiger partial charge in [0.05, 0.1) is 17.9 Å². The Labute approximate surface area is 272 Å². The zero-order valence-electron chi connectivity index (χ0n) is 28.5. The number of aliphatic hydroxyl groups is 1. The van der Waals surface area contributed by atoms with Gasteiger partial charge in [-0.25, -0.2) is 0 Å². The van der Waals surface area contributed by atoms with E-state index in [2.05, 4.69) is 30.5 Å². The van der Waals surface area contributed by atoms with Gasteiger partial charge >= 0.3 is 0 Å². The van der Waals surface area contributed by atoms with Crippen molar-refractivity contribution in [2.45, 2.75) is 187 Å². The van der Waals surface area contributed by atoms with Gasteiger partial charge in [0.15, 0.2) is 0 Å². The molecule has 0 bridgehead atoms. The molecule has 0 spiro atoms. The van der Waals surface area contributed by atoms with Crippen LogP contribution in [0.3, 0.4) is 0 Å². The summed E-state index contributed by atoms with van der Waals surface area (Å²) in [5.41, 5.74) is 0. The number of aliphatic hydroxyl groups excluding tert-OH is 1. The Balaban J connectivity index is 3.86. The van der Waals surface area contributed by atoms with E-state index < -0.39 is 28.0 Å². The molecule has 0 rings (SSSR count). The third-order valence-electron chi connectivity index (χ3n) is 8.14. The standard InChI is InChI=1S/C37H69NO5S/c1-3-5-7-9-11-13-14-15-16-17-18-19-20-21-22-23-25-27-29-31-33-37(40)38-35(34-44(41,42)43)36(39)32-30-28-26-24-12-10-8-6-4-2/h4,6,12,24,30,32,35-36,39H,3,5,7-11,13-23,25-29,31,33-34H2,1-2H3,(H,38,40)(H,41,42,43)/b6-4+,24-12+,32-30+. The number of nitrogens with one attached hydrogen (secondary N) is 1. The van der Waals surface area contributed by atoms with Crippen molar-refractivity contribution in [2.24, 2.45) is 0 Å². The lowest BCUT2D eigenvalue weighted by Crippen LogP contribution is -2.46. The molecule has 7 heteroatoms. The zero-order chi connectivity index (χ0) is 32.6. The molecule has 0 fully saturated rings. The van der Waals surface area contributed by atoms with Crippen molar-refractivity contribution < 1.29 is 22.9 Å². The summed E-state index contributed by atoms with van der Waals surface area (Å²) < 4.78 is 32.2. The van der Waals surface area contributed by atoms with Gasteiger partial charge < -0.3 is 10.4 Å². The van der Waals surface area contributed by atoms with Gasteiger partial charge in [0.25, 0.3) is 10.1 Å². The molecule has 0 aromatic heterocycles. The van der Waals surface area contributed by atoms with E-state index in [0.717, 1.165) is 38.5 Å². The van der Waals surface area contributed by atoms with Crippen LogP contribution in [0.1, 0.15) is 174 Å². The van der Waals surface area contributed by atoms with Crippen molar-refractivity contribution in [2.75, 3.05) is 5.75 Å². The van der Waals surface area contributed by atoms with E-state index >= 15 is 0 Å². The van der Waals surface area contributed by atoms with Crippen LogP contribution in [0, 0.1) is 0 Å². The van der Waals surface area contributed by atoms with E-state index in [1.54, 1.807) is 6.08 Å². The fraction of sp³-hybridized carbons (Fsp3) is 0.811. The van der Waals surface area contributed by atoms with Gasteiger partial charge in [-0.2, -0.15) is 8.42 Å². The lowest BCUT2D eigenvalue weighted by Gasteiger charge is -2.21. The predicted molar refractivity (Wildman–Crippen MR) is 189 cm³/mol. The van der Waals surface area contributed by atoms with E-state index in [9.17, 15) is 22.9 Å². The summed E-state index contributed by atoms with van der Waals surface area (Å²) in [5, 5.41) is 13.1. The molecular weight excluding hydrogens is 570 g/mol. The zero-order valence-corrected chi connectivity index (χ0v) is 29.3. The maximum absolute atomic E-state index is 12.4. The fourth-order valence-electron chi connectivity index (χ4n) is 5.43. The molecule has 6 nitrogen and oxygen atoms in total. The van der Waals surface area contributed by atoms with Crippen molar-refractivity contribution in [3.8, 4) is 0 Å². The quantitative estimate of drug-likeness (QED) is 0.0386. The second-order valence-electron chi connectivity index (χ2n) is 12.5. The van der Waals surface area contributed by atoms with Crippen molar-refractivity contribution in [3.63, 3.8) is 0 Å². The fourth-order valence-corrected chi connectivity index (χ4v) is 6.16. The molecule has 44 heavy (non-hydrogen) atoms. The highest BCUT2D eigenvalue weighted by molar-refractivity contribution is 7.85. The maximum atomic E-state index is 12.4. The second kappa shape index (κ2) is 31.5. The van der Waals surface area contributed by atoms with Gasteiger partial charge in [0.2, 0.25) is 5.91 Å². The number of allylic oxidation sites excluding steroid dienone is 5. The molecule has 0 heterocycles. The SMILES string of the molecule is C/C=C/CC/C=C/CC/C=C/C(O)C(CS(=O)(=O)O)NC(=O)CCCCCCCCCCCCCCCCCCCCCC. The van der Waals surface area contributed by atoms with Gasteiger partial charge in [-0.1, -0.05) is 165 Å². The van der Waals surface area contributed by atoms with E-state index in [1.165, 1.54) is 115 Å². The Bertz CT molecular complexity index is 837. The summed E-state index contributed by atoms with van der Waals surface area (Å²) in [6.07, 6.45) is 40.2. The molecule has 0 aliphatic heterocycles. The first-order valence-electron chi connectivity index (χ1n) is 18.2. The summed E-state index contributed by atoms with van der Waals surface area (Å²) in [6, 6.07) is -1.07. The van der Waals surface area contributed by atoms with Crippen molar-refractivity contribution in [1.29, 1.82) is 0 Å². The van der Waals surface area contributed by atoms with Crippen LogP contribution in [0.4, 0.5) is 0 Å². The van der Waals surface area contributed by atoms with Crippen molar-refractivity contribution >= 4 is 16.0 Å². The first-order valence-corrected chi connectivity index (χ1v) is 19.8. The average molecular weight is 640 g/mol. The third kappa shape index (κ3) is 32.0. The first kappa shape index (κ1) is 42.6. The molecule has 0 aliphatic rings. The summed E-state index contributed by atoms with van der Waals surface area (Å²) in [6.45, 7) is 4.28. The number of unbranched alkanes of at least 4 members (excludes halogenated alkanes) is 21. The predicted octanol–water partition coefficient (Wildman–Crippen LogP) is 10.2. The Morgan fingerprint density at radius 2 is 1.02 bits per heavy atom. The molecule has 258 valence electrons. The van der Waals surface area contributed by atoms with E-state index in [4.69, 9.17) is 0 Å². The highest BCUT2D eigenvalue weighted by Gasteiger charge is 2.24. The molecule has 0 saturated carbocycles. The van der Waals surface area contributed by atoms with Crippen LogP contribution in [0.5, 0.6) is 0 Å². The van der Waals surface area contributed by atoms with Crippen LogP contribution in [-0.4, -0.2) is 41.9 Å². The highest BCUT2D eigenvalue weighted by Crippen LogP contribution is 2.15. The van der Waals surface area contributed by atoms with Crippen LogP contribution in [0.25, 0.3) is 0 Å². The monoisotopic (exact) mass is 639 g/mol. The third-order valence-corrected chi connectivity index (χ3v) is 8.92. The van der Waals surface area contributed by atoms with Crippen LogP contribution >= 0.6 is 0 Å². The molecular formula is C37H69NO5S. The molecule has 1 amide bonds. The minimum Gasteiger partial charge on any atom is -0.387 e. The van der Waals surface area contributed by atoms with Crippen LogP contribution in [-0.2, 0) is 14.9 Å². The molecule has 0 aromatic carbocycles. The lowest BCUT2D eigenvalue weighted by molar-refractivity contribution is -0.122. The minimum atomic E-state index is -4.34. The molecule has 0 saturated heterocycles. The van der Waals surface area contributed by atoms with Gasteiger partial charge in [-0.05, 0) is 39.0 Å². The van der Waals surface area contributed by atoms with Gasteiger partial charge in [0.1, 0.15) is 0 Å². The molecule has 0 aliphatic carbocycles. The van der Waals surface area contributed by atoms with E-state index in [0.29, 0.717) is 6.42 Å². The number of carbonyl (C=O) groups is 1. The Hall–Kier alpha value is -1.44. The van der Waals surface area contributed by atoms with E-state index in [-0.39, 0.29) is 12.3 Å². The van der Waals surface area contributed by atoms with Crippen molar-refractivity contribution in [3.05, 3.63) is 36.5 Å². The molecule has 3 N–H and O–H groups in total. The van der Waals surface area contributed by atoms with Gasteiger partial charge in [-0.15, -0.1) is 0 Å². The normalized spacial score (nSPS) is 13.8. The molecule has 0 aromatic rings. The summed E-state index contributed by atoms with van der Waals surface area (Å²) in [7, 11) is -4.34. The number of hydrogen-bond donors (Lipinski definition) is 3. The number of hydrogen-bond acceptors (Lipinski definition) is 4. The summed E-state index contributed by atoms with van der Waals surface area (Å²) in [5.74, 6) is -1.01. The summed E-state index contributed by atoms with van der Waals surface area (Å²) >= 11 is 0. The van der Waals surface area contributed by atoms with Gasteiger partial charge in [-0.3, -0.25) is 9.35 Å². The van der Waals surface area contributed by atoms with Crippen molar-refractivity contribution in [1.82, 2.24) is 5.32 Å². The largest absolute Gasteiger partial charge is 0.387 e. The second-order valence-corrected chi connectivity index (χ2v) is 14.0. The Morgan fingerprint density at radius 1 is 0.636 bits per heavy atom. The highest BCUT2D eigenvalue weighted by atomic mass is 32.2. The average Bonchev–Trinajstić information content (AvgIpc) is 2.98. The topological polar surface area (TPSA) is 104 Å². The first-order chi connectivity index (χ1) is 21.3. The van der Waals surface area contributed by atoms with Crippen LogP contribution in [0.2, 0.25) is 0 Å². The van der Waals surface area contributed by atoms with Crippen LogP contribution in [0.15, 0.2) is 36.5 Å². The lowest BCUT2D eigenvalue weighted by atomic mass is 10.0. The number of carbonyl (C=O) groups excluding carboxylic acids is 1. The molecule has 0 radical (unpaired) electrons. The number of amides is 1. The maximum Gasteiger partial charge on any atom is 0.267 e. The van der Waals surface area contributed by atoms with Gasteiger partial charge in [0, 0.05) is 6.42 Å². The molecule has 2 atom stereocenters. The minimum absolute atomic E-state index is 0.287. The summed E-state index contributed by atoms with van der Waals surface area (Å²) in [4.78, 5) is 12.4. The Morgan fingerprint density at radius 3 is 1.43 bits per heavy atom. The smallest absolute Gasteiger partial charge is 0.267 e. The molecule has 2 unspecified atom stereocenters. The van der Waals surface area contributed by atoms with E-state index in [1.807, 2.05) is 13.0 Å². The number of rotatable bonds is 32. The Kier molecular flexibility index (Phi) is 30.5.